The van der Waals surface area contributed by atoms with Crippen molar-refractivity contribution in [2.24, 2.45) is 0 Å². The van der Waals surface area contributed by atoms with E-state index in [-0.39, 0.29) is 25.0 Å². The lowest BCUT2D eigenvalue weighted by molar-refractivity contribution is -0.148. The number of aryl methyl sites for hydroxylation is 2. The summed E-state index contributed by atoms with van der Waals surface area (Å²) in [4.78, 5) is 32.7. The van der Waals surface area contributed by atoms with Gasteiger partial charge in [-0.25, -0.2) is 9.50 Å². The third kappa shape index (κ3) is 4.75. The van der Waals surface area contributed by atoms with Crippen LogP contribution in [0.4, 0.5) is 0 Å². The Balaban J connectivity index is 1.56. The molecule has 3 heterocycles. The topological polar surface area (TPSA) is 108 Å². The molecular formula is C17H23N5O4S. The van der Waals surface area contributed by atoms with Crippen LogP contribution in [0, 0.1) is 13.8 Å². The number of nitrogens with zero attached hydrogens (tertiary/aromatic N) is 4. The molecule has 2 aromatic rings. The molecule has 1 atom stereocenters. The second-order valence-electron chi connectivity index (χ2n) is 6.35. The van der Waals surface area contributed by atoms with Crippen molar-refractivity contribution in [3.05, 3.63) is 17.0 Å². The first-order valence-corrected chi connectivity index (χ1v) is 10.0. The van der Waals surface area contributed by atoms with Gasteiger partial charge in [-0.15, -0.1) is 5.10 Å². The molecule has 1 N–H and O–H groups in total. The van der Waals surface area contributed by atoms with Crippen LogP contribution in [0.5, 0.6) is 0 Å². The molecule has 1 fully saturated rings. The van der Waals surface area contributed by atoms with E-state index < -0.39 is 5.97 Å². The van der Waals surface area contributed by atoms with Crippen molar-refractivity contribution in [2.45, 2.75) is 44.4 Å². The fourth-order valence-corrected chi connectivity index (χ4v) is 3.29. The Labute approximate surface area is 161 Å². The van der Waals surface area contributed by atoms with Gasteiger partial charge in [-0.1, -0.05) is 11.8 Å². The smallest absolute Gasteiger partial charge is 0.310 e. The molecule has 0 aromatic carbocycles. The number of carbonyl (C=O) groups excluding carboxylic acids is 2. The first-order valence-electron chi connectivity index (χ1n) is 8.78. The van der Waals surface area contributed by atoms with Crippen LogP contribution in [0.1, 0.15) is 29.8 Å². The van der Waals surface area contributed by atoms with Gasteiger partial charge in [0.2, 0.25) is 5.16 Å². The standard InChI is InChI=1S/C17H23N5O4S/c1-10-13(11(2)22-16(19-10)20-17(21-22)27-3)7-15(24)26-9-14(23)18-8-12-5-4-6-25-12/h12H,4-9H2,1-3H3,(H,18,23)/t12-/m0/s1. The van der Waals surface area contributed by atoms with E-state index in [2.05, 4.69) is 20.4 Å². The lowest BCUT2D eigenvalue weighted by Crippen LogP contribution is -2.35. The molecule has 1 aliphatic rings. The summed E-state index contributed by atoms with van der Waals surface area (Å²) in [5.74, 6) is -0.318. The lowest BCUT2D eigenvalue weighted by Gasteiger charge is -2.12. The number of aromatic nitrogens is 4. The summed E-state index contributed by atoms with van der Waals surface area (Å²) in [6.07, 6.45) is 3.92. The largest absolute Gasteiger partial charge is 0.455 e. The third-order valence-corrected chi connectivity index (χ3v) is 4.99. The highest BCUT2D eigenvalue weighted by Crippen LogP contribution is 2.17. The second-order valence-corrected chi connectivity index (χ2v) is 7.12. The zero-order valence-electron chi connectivity index (χ0n) is 15.7. The number of hydrogen-bond acceptors (Lipinski definition) is 8. The molecule has 1 saturated heterocycles. The Kier molecular flexibility index (Phi) is 6.27. The van der Waals surface area contributed by atoms with Gasteiger partial charge in [-0.05, 0) is 32.9 Å². The van der Waals surface area contributed by atoms with E-state index in [9.17, 15) is 9.59 Å². The molecule has 0 aliphatic carbocycles. The van der Waals surface area contributed by atoms with Gasteiger partial charge < -0.3 is 14.8 Å². The fraction of sp³-hybridized carbons (Fsp3) is 0.588. The van der Waals surface area contributed by atoms with E-state index in [1.165, 1.54) is 11.8 Å². The number of carbonyl (C=O) groups is 2. The molecule has 0 saturated carbocycles. The van der Waals surface area contributed by atoms with Crippen molar-refractivity contribution in [3.63, 3.8) is 0 Å². The van der Waals surface area contributed by atoms with Gasteiger partial charge in [0.1, 0.15) is 0 Å². The quantitative estimate of drug-likeness (QED) is 0.545. The zero-order chi connectivity index (χ0) is 19.4. The number of esters is 1. The summed E-state index contributed by atoms with van der Waals surface area (Å²) in [6, 6.07) is 0. The molecular weight excluding hydrogens is 370 g/mol. The summed E-state index contributed by atoms with van der Waals surface area (Å²) >= 11 is 1.43. The van der Waals surface area contributed by atoms with E-state index in [1.807, 2.05) is 20.1 Å². The molecule has 146 valence electrons. The summed E-state index contributed by atoms with van der Waals surface area (Å²) in [5, 5.41) is 7.69. The van der Waals surface area contributed by atoms with E-state index in [1.54, 1.807) is 4.52 Å². The van der Waals surface area contributed by atoms with Gasteiger partial charge in [0.25, 0.3) is 11.7 Å². The number of fused-ring (bicyclic) bond motifs is 1. The van der Waals surface area contributed by atoms with Gasteiger partial charge in [0.15, 0.2) is 6.61 Å². The first kappa shape index (κ1) is 19.6. The maximum Gasteiger partial charge on any atom is 0.310 e. The minimum absolute atomic E-state index is 0.0219. The van der Waals surface area contributed by atoms with Crippen LogP contribution in [0.2, 0.25) is 0 Å². The summed E-state index contributed by atoms with van der Waals surface area (Å²) < 4.78 is 12.2. The molecule has 1 aliphatic heterocycles. The van der Waals surface area contributed by atoms with Gasteiger partial charge in [0.05, 0.1) is 12.5 Å². The maximum atomic E-state index is 12.2. The van der Waals surface area contributed by atoms with Crippen molar-refractivity contribution in [1.29, 1.82) is 0 Å². The Hall–Kier alpha value is -2.20. The fourth-order valence-electron chi connectivity index (χ4n) is 2.96. The highest BCUT2D eigenvalue weighted by molar-refractivity contribution is 7.98. The summed E-state index contributed by atoms with van der Waals surface area (Å²) in [7, 11) is 0. The van der Waals surface area contributed by atoms with Crippen LogP contribution in [0.25, 0.3) is 5.78 Å². The first-order chi connectivity index (χ1) is 13.0. The highest BCUT2D eigenvalue weighted by atomic mass is 32.2. The Morgan fingerprint density at radius 1 is 1.37 bits per heavy atom. The number of rotatable bonds is 7. The predicted octanol–water partition coefficient (Wildman–Crippen LogP) is 0.844. The molecule has 1 amide bonds. The monoisotopic (exact) mass is 393 g/mol. The lowest BCUT2D eigenvalue weighted by atomic mass is 10.1. The van der Waals surface area contributed by atoms with Crippen molar-refractivity contribution < 1.29 is 19.1 Å². The Morgan fingerprint density at radius 2 is 2.19 bits per heavy atom. The SMILES string of the molecule is CSc1nc2nc(C)c(CC(=O)OCC(=O)NC[C@@H]3CCCO3)c(C)n2n1. The number of thioether (sulfide) groups is 1. The van der Waals surface area contributed by atoms with Gasteiger partial charge in [0, 0.05) is 30.1 Å². The second kappa shape index (κ2) is 8.66. The summed E-state index contributed by atoms with van der Waals surface area (Å²) in [5.41, 5.74) is 2.20. The van der Waals surface area contributed by atoms with E-state index in [4.69, 9.17) is 9.47 Å². The molecule has 0 radical (unpaired) electrons. The van der Waals surface area contributed by atoms with E-state index >= 15 is 0 Å². The van der Waals surface area contributed by atoms with Crippen LogP contribution in [-0.4, -0.2) is 63.6 Å². The number of amides is 1. The molecule has 0 spiro atoms. The number of nitrogens with one attached hydrogen (secondary N) is 1. The highest BCUT2D eigenvalue weighted by Gasteiger charge is 2.19. The molecule has 0 unspecified atom stereocenters. The van der Waals surface area contributed by atoms with Crippen LogP contribution in [0.15, 0.2) is 5.16 Å². The average Bonchev–Trinajstić information content (AvgIpc) is 3.31. The third-order valence-electron chi connectivity index (χ3n) is 4.45. The van der Waals surface area contributed by atoms with Crippen molar-refractivity contribution >= 4 is 29.4 Å². The number of ether oxygens (including phenoxy) is 2. The van der Waals surface area contributed by atoms with Gasteiger partial charge in [-0.3, -0.25) is 9.59 Å². The van der Waals surface area contributed by atoms with Crippen molar-refractivity contribution in [2.75, 3.05) is 26.0 Å². The molecule has 2 aromatic heterocycles. The average molecular weight is 393 g/mol. The molecule has 0 bridgehead atoms. The summed E-state index contributed by atoms with van der Waals surface area (Å²) in [6.45, 7) is 4.55. The predicted molar refractivity (Wildman–Crippen MR) is 98.7 cm³/mol. The maximum absolute atomic E-state index is 12.2. The minimum Gasteiger partial charge on any atom is -0.455 e. The zero-order valence-corrected chi connectivity index (χ0v) is 16.5. The Morgan fingerprint density at radius 3 is 2.89 bits per heavy atom. The molecule has 3 rings (SSSR count). The van der Waals surface area contributed by atoms with Crippen molar-refractivity contribution in [3.8, 4) is 0 Å². The molecule has 9 nitrogen and oxygen atoms in total. The van der Waals surface area contributed by atoms with Gasteiger partial charge in [-0.2, -0.15) is 4.98 Å². The van der Waals surface area contributed by atoms with Crippen LogP contribution < -0.4 is 5.32 Å². The van der Waals surface area contributed by atoms with Crippen molar-refractivity contribution in [1.82, 2.24) is 24.9 Å². The normalized spacial score (nSPS) is 16.6. The van der Waals surface area contributed by atoms with E-state index in [0.29, 0.717) is 23.2 Å². The van der Waals surface area contributed by atoms with Crippen LogP contribution in [0.3, 0.4) is 0 Å². The molecule has 27 heavy (non-hydrogen) atoms. The minimum atomic E-state index is -0.486. The van der Waals surface area contributed by atoms with Crippen LogP contribution >= 0.6 is 11.8 Å². The van der Waals surface area contributed by atoms with Gasteiger partial charge >= 0.3 is 5.97 Å². The molecule has 10 heteroatoms. The van der Waals surface area contributed by atoms with E-state index in [0.717, 1.165) is 30.7 Å². The number of hydrogen-bond donors (Lipinski definition) is 1. The Bertz CT molecular complexity index is 847. The van der Waals surface area contributed by atoms with Crippen LogP contribution in [-0.2, 0) is 25.5 Å².